The molecular weight excluding hydrogens is 354 g/mol. The first-order valence-electron chi connectivity index (χ1n) is 8.04. The second-order valence-electron chi connectivity index (χ2n) is 4.75. The topological polar surface area (TPSA) is 128 Å². The molecule has 0 saturated carbocycles. The molecule has 2 aromatic carbocycles. The fourth-order valence-electron chi connectivity index (χ4n) is 1.62. The van der Waals surface area contributed by atoms with E-state index < -0.39 is 6.16 Å². The van der Waals surface area contributed by atoms with E-state index in [2.05, 4.69) is 4.74 Å². The molecule has 0 aliphatic carbocycles. The van der Waals surface area contributed by atoms with Crippen LogP contribution in [0.1, 0.15) is 24.2 Å². The molecule has 0 unspecified atom stereocenters. The van der Waals surface area contributed by atoms with E-state index in [-0.39, 0.29) is 12.4 Å². The van der Waals surface area contributed by atoms with Crippen LogP contribution in [0.15, 0.2) is 42.5 Å². The SMILES string of the molecule is CCOC(=O)O.CCOc1ccc(N)cc1.COc1cc(C=O)ccc1O. The number of nitrogens with two attached hydrogens (primary N) is 1. The first-order valence-corrected chi connectivity index (χ1v) is 8.04. The Bertz CT molecular complexity index is 687. The molecule has 0 saturated heterocycles. The summed E-state index contributed by atoms with van der Waals surface area (Å²) in [4.78, 5) is 19.6. The molecule has 4 N–H and O–H groups in total. The number of benzene rings is 2. The molecule has 2 rings (SSSR count). The van der Waals surface area contributed by atoms with Crippen molar-refractivity contribution in [3.63, 3.8) is 0 Å². The highest BCUT2D eigenvalue weighted by Gasteiger charge is 2.00. The fourth-order valence-corrected chi connectivity index (χ4v) is 1.62. The molecule has 0 aromatic heterocycles. The monoisotopic (exact) mass is 379 g/mol. The lowest BCUT2D eigenvalue weighted by Gasteiger charge is -2.01. The van der Waals surface area contributed by atoms with Gasteiger partial charge in [-0.25, -0.2) is 4.79 Å². The Morgan fingerprint density at radius 2 is 1.74 bits per heavy atom. The van der Waals surface area contributed by atoms with Gasteiger partial charge in [-0.2, -0.15) is 0 Å². The summed E-state index contributed by atoms with van der Waals surface area (Å²) in [6.07, 6.45) is -0.514. The second-order valence-corrected chi connectivity index (χ2v) is 4.75. The van der Waals surface area contributed by atoms with E-state index in [9.17, 15) is 9.59 Å². The zero-order chi connectivity index (χ0) is 20.7. The average Bonchev–Trinajstić information content (AvgIpc) is 2.65. The molecule has 8 heteroatoms. The number of aldehydes is 1. The van der Waals surface area contributed by atoms with Gasteiger partial charge in [0.15, 0.2) is 11.5 Å². The number of nitrogen functional groups attached to an aromatic ring is 1. The average molecular weight is 379 g/mol. The number of anilines is 1. The maximum atomic E-state index is 10.2. The van der Waals surface area contributed by atoms with E-state index in [0.29, 0.717) is 24.2 Å². The van der Waals surface area contributed by atoms with Crippen LogP contribution >= 0.6 is 0 Å². The molecule has 0 atom stereocenters. The highest BCUT2D eigenvalue weighted by Crippen LogP contribution is 2.25. The molecular formula is C19H25NO7. The Hall–Kier alpha value is -3.42. The summed E-state index contributed by atoms with van der Waals surface area (Å²) in [6, 6.07) is 11.8. The van der Waals surface area contributed by atoms with E-state index >= 15 is 0 Å². The summed E-state index contributed by atoms with van der Waals surface area (Å²) in [6.45, 7) is 4.50. The summed E-state index contributed by atoms with van der Waals surface area (Å²) >= 11 is 0. The standard InChI is InChI=1S/C8H11NO.C8H8O3.C3H6O3/c1-2-10-8-5-3-7(9)4-6-8;1-11-8-4-6(5-9)2-3-7(8)10;1-2-6-3(4)5/h3-6H,2,9H2,1H3;2-5,10H,1H3;2H2,1H3,(H,4,5). The third kappa shape index (κ3) is 10.9. The maximum Gasteiger partial charge on any atom is 0.505 e. The number of ether oxygens (including phenoxy) is 3. The van der Waals surface area contributed by atoms with Crippen molar-refractivity contribution >= 4 is 18.1 Å². The van der Waals surface area contributed by atoms with E-state index in [4.69, 9.17) is 25.4 Å². The van der Waals surface area contributed by atoms with Gasteiger partial charge in [0.05, 0.1) is 20.3 Å². The first-order chi connectivity index (χ1) is 12.9. The highest BCUT2D eigenvalue weighted by molar-refractivity contribution is 5.76. The highest BCUT2D eigenvalue weighted by atomic mass is 16.7. The van der Waals surface area contributed by atoms with Gasteiger partial charge < -0.3 is 30.2 Å². The van der Waals surface area contributed by atoms with Crippen molar-refractivity contribution in [2.24, 2.45) is 0 Å². The van der Waals surface area contributed by atoms with Gasteiger partial charge in [0, 0.05) is 11.3 Å². The summed E-state index contributed by atoms with van der Waals surface area (Å²) in [7, 11) is 1.43. The van der Waals surface area contributed by atoms with Crippen LogP contribution in [-0.4, -0.2) is 43.0 Å². The lowest BCUT2D eigenvalue weighted by molar-refractivity contribution is 0.0965. The van der Waals surface area contributed by atoms with Gasteiger partial charge in [-0.3, -0.25) is 4.79 Å². The molecule has 0 bridgehead atoms. The van der Waals surface area contributed by atoms with E-state index in [1.807, 2.05) is 31.2 Å². The number of aromatic hydroxyl groups is 1. The predicted molar refractivity (Wildman–Crippen MR) is 102 cm³/mol. The van der Waals surface area contributed by atoms with Crippen LogP contribution in [0, 0.1) is 0 Å². The molecule has 0 amide bonds. The lowest BCUT2D eigenvalue weighted by atomic mass is 10.2. The van der Waals surface area contributed by atoms with E-state index in [1.165, 1.54) is 25.3 Å². The Kier molecular flexibility index (Phi) is 12.1. The molecule has 0 aliphatic rings. The van der Waals surface area contributed by atoms with Gasteiger partial charge in [-0.15, -0.1) is 0 Å². The maximum absolute atomic E-state index is 10.2. The molecule has 0 spiro atoms. The minimum atomic E-state index is -1.21. The van der Waals surface area contributed by atoms with Gasteiger partial charge >= 0.3 is 6.16 Å². The van der Waals surface area contributed by atoms with Crippen LogP contribution in [0.4, 0.5) is 10.5 Å². The van der Waals surface area contributed by atoms with Crippen LogP contribution < -0.4 is 15.2 Å². The van der Waals surface area contributed by atoms with Gasteiger partial charge in [0.1, 0.15) is 12.0 Å². The minimum absolute atomic E-state index is 0.0399. The van der Waals surface area contributed by atoms with Crippen molar-refractivity contribution in [3.05, 3.63) is 48.0 Å². The Labute approximate surface area is 158 Å². The van der Waals surface area contributed by atoms with E-state index in [1.54, 1.807) is 6.92 Å². The normalized spacial score (nSPS) is 8.85. The van der Waals surface area contributed by atoms with Crippen molar-refractivity contribution in [3.8, 4) is 17.2 Å². The molecule has 0 heterocycles. The number of phenolic OH excluding ortho intramolecular Hbond substituents is 1. The second kappa shape index (κ2) is 13.8. The third-order valence-electron chi connectivity index (χ3n) is 2.80. The van der Waals surface area contributed by atoms with Gasteiger partial charge in [-0.05, 0) is 56.3 Å². The number of carbonyl (C=O) groups excluding carboxylic acids is 1. The summed E-state index contributed by atoms with van der Waals surface area (Å²) in [5, 5.41) is 16.8. The summed E-state index contributed by atoms with van der Waals surface area (Å²) < 4.78 is 13.9. The Balaban J connectivity index is 0.000000394. The molecule has 2 aromatic rings. The zero-order valence-corrected chi connectivity index (χ0v) is 15.5. The van der Waals surface area contributed by atoms with Crippen molar-refractivity contribution < 1.29 is 34.0 Å². The number of rotatable bonds is 5. The van der Waals surface area contributed by atoms with Crippen LogP contribution in [0.5, 0.6) is 17.2 Å². The number of methoxy groups -OCH3 is 1. The summed E-state index contributed by atoms with van der Waals surface area (Å²) in [5.74, 6) is 1.23. The Morgan fingerprint density at radius 1 is 1.11 bits per heavy atom. The smallest absolute Gasteiger partial charge is 0.504 e. The van der Waals surface area contributed by atoms with Gasteiger partial charge in [0.25, 0.3) is 0 Å². The van der Waals surface area contributed by atoms with Crippen LogP contribution in [-0.2, 0) is 4.74 Å². The number of carboxylic acid groups (broad SMARTS) is 1. The summed E-state index contributed by atoms with van der Waals surface area (Å²) in [5.41, 5.74) is 6.72. The lowest BCUT2D eigenvalue weighted by Crippen LogP contribution is -1.97. The molecule has 8 nitrogen and oxygen atoms in total. The van der Waals surface area contributed by atoms with Gasteiger partial charge in [0.2, 0.25) is 0 Å². The molecule has 0 radical (unpaired) electrons. The van der Waals surface area contributed by atoms with Crippen LogP contribution in [0.25, 0.3) is 0 Å². The van der Waals surface area contributed by atoms with Crippen molar-refractivity contribution in [2.45, 2.75) is 13.8 Å². The molecule has 0 aliphatic heterocycles. The largest absolute Gasteiger partial charge is 0.505 e. The van der Waals surface area contributed by atoms with Crippen molar-refractivity contribution in [1.82, 2.24) is 0 Å². The quantitative estimate of drug-likeness (QED) is 0.408. The third-order valence-corrected chi connectivity index (χ3v) is 2.80. The molecule has 148 valence electrons. The molecule has 27 heavy (non-hydrogen) atoms. The van der Waals surface area contributed by atoms with Crippen LogP contribution in [0.3, 0.4) is 0 Å². The number of carbonyl (C=O) groups is 2. The number of hydrogen-bond acceptors (Lipinski definition) is 7. The molecule has 0 fully saturated rings. The Morgan fingerprint density at radius 3 is 2.15 bits per heavy atom. The minimum Gasteiger partial charge on any atom is -0.504 e. The number of phenols is 1. The predicted octanol–water partition coefficient (Wildman–Crippen LogP) is 3.58. The first kappa shape index (κ1) is 23.6. The van der Waals surface area contributed by atoms with Crippen molar-refractivity contribution in [2.75, 3.05) is 26.1 Å². The van der Waals surface area contributed by atoms with Crippen LogP contribution in [0.2, 0.25) is 0 Å². The van der Waals surface area contributed by atoms with Crippen molar-refractivity contribution in [1.29, 1.82) is 0 Å². The fraction of sp³-hybridized carbons (Fsp3) is 0.263. The zero-order valence-electron chi connectivity index (χ0n) is 15.5. The van der Waals surface area contributed by atoms with E-state index in [0.717, 1.165) is 11.4 Å². The number of hydrogen-bond donors (Lipinski definition) is 3. The van der Waals surface area contributed by atoms with Gasteiger partial charge in [-0.1, -0.05) is 0 Å².